The zero-order valence-electron chi connectivity index (χ0n) is 16.0. The van der Waals surface area contributed by atoms with Crippen LogP contribution in [0, 0.1) is 6.92 Å². The predicted octanol–water partition coefficient (Wildman–Crippen LogP) is 2.37. The number of carbonyl (C=O) groups excluding carboxylic acids is 2. The quantitative estimate of drug-likeness (QED) is 0.711. The summed E-state index contributed by atoms with van der Waals surface area (Å²) in [5, 5.41) is 6.04. The molecule has 1 aromatic heterocycles. The molecule has 2 heterocycles. The molecule has 8 heteroatoms. The average molecular weight is 420 g/mol. The summed E-state index contributed by atoms with van der Waals surface area (Å²) in [6.07, 6.45) is 0.777. The molecule has 6 nitrogen and oxygen atoms in total. The molecule has 1 aliphatic rings. The number of benzene rings is 1. The van der Waals surface area contributed by atoms with E-state index in [9.17, 15) is 9.59 Å². The van der Waals surface area contributed by atoms with Gasteiger partial charge in [0, 0.05) is 30.6 Å². The van der Waals surface area contributed by atoms with E-state index in [1.54, 1.807) is 16.2 Å². The third kappa shape index (κ3) is 6.32. The van der Waals surface area contributed by atoms with E-state index in [2.05, 4.69) is 39.9 Å². The van der Waals surface area contributed by atoms with E-state index in [1.807, 2.05) is 6.92 Å². The first kappa shape index (κ1) is 20.8. The minimum atomic E-state index is -0.0330. The molecule has 0 saturated carbocycles. The van der Waals surface area contributed by atoms with Gasteiger partial charge < -0.3 is 15.0 Å². The summed E-state index contributed by atoms with van der Waals surface area (Å²) < 4.78 is 5.24. The molecule has 0 radical (unpaired) electrons. The van der Waals surface area contributed by atoms with Crippen LogP contribution in [0.4, 0.5) is 0 Å². The molecule has 0 spiro atoms. The van der Waals surface area contributed by atoms with Gasteiger partial charge in [-0.3, -0.25) is 9.59 Å². The highest BCUT2D eigenvalue weighted by atomic mass is 32.2. The number of thioether (sulfide) groups is 1. The van der Waals surface area contributed by atoms with Crippen LogP contribution < -0.4 is 5.32 Å². The van der Waals surface area contributed by atoms with Gasteiger partial charge in [-0.2, -0.15) is 0 Å². The Balaban J connectivity index is 1.32. The fraction of sp³-hybridized carbons (Fsp3) is 0.450. The SMILES string of the molecule is Cc1nc(-c2ccc(CCNC(=O)CSCC(=O)N3CCOCC3)cc2)cs1. The van der Waals surface area contributed by atoms with Crippen LogP contribution in [0.25, 0.3) is 11.3 Å². The smallest absolute Gasteiger partial charge is 0.232 e. The molecule has 2 amide bonds. The molecule has 0 aliphatic carbocycles. The number of thiazole rings is 1. The van der Waals surface area contributed by atoms with Crippen molar-refractivity contribution in [2.45, 2.75) is 13.3 Å². The van der Waals surface area contributed by atoms with E-state index >= 15 is 0 Å². The predicted molar refractivity (Wildman–Crippen MR) is 114 cm³/mol. The Bertz CT molecular complexity index is 786. The monoisotopic (exact) mass is 419 g/mol. The number of hydrogen-bond donors (Lipinski definition) is 1. The van der Waals surface area contributed by atoms with Crippen LogP contribution in [0.5, 0.6) is 0 Å². The summed E-state index contributed by atoms with van der Waals surface area (Å²) in [6, 6.07) is 8.29. The van der Waals surface area contributed by atoms with Crippen molar-refractivity contribution in [2.24, 2.45) is 0 Å². The van der Waals surface area contributed by atoms with E-state index in [-0.39, 0.29) is 11.8 Å². The van der Waals surface area contributed by atoms with Crippen molar-refractivity contribution < 1.29 is 14.3 Å². The van der Waals surface area contributed by atoms with Gasteiger partial charge in [0.15, 0.2) is 0 Å². The molecule has 1 N–H and O–H groups in total. The molecule has 1 saturated heterocycles. The van der Waals surface area contributed by atoms with Crippen LogP contribution in [0.15, 0.2) is 29.6 Å². The van der Waals surface area contributed by atoms with E-state index < -0.39 is 0 Å². The van der Waals surface area contributed by atoms with E-state index in [4.69, 9.17) is 4.74 Å². The molecule has 150 valence electrons. The van der Waals surface area contributed by atoms with Gasteiger partial charge in [0.05, 0.1) is 35.4 Å². The van der Waals surface area contributed by atoms with Gasteiger partial charge in [-0.15, -0.1) is 23.1 Å². The van der Waals surface area contributed by atoms with Gasteiger partial charge in [-0.25, -0.2) is 4.98 Å². The Kier molecular flexibility index (Phi) is 7.88. The lowest BCUT2D eigenvalue weighted by atomic mass is 10.1. The molecule has 0 bridgehead atoms. The second kappa shape index (κ2) is 10.6. The highest BCUT2D eigenvalue weighted by Gasteiger charge is 2.16. The summed E-state index contributed by atoms with van der Waals surface area (Å²) in [5.41, 5.74) is 3.29. The van der Waals surface area contributed by atoms with Crippen LogP contribution in [-0.4, -0.2) is 66.1 Å². The van der Waals surface area contributed by atoms with Crippen LogP contribution in [0.3, 0.4) is 0 Å². The Morgan fingerprint density at radius 2 is 1.96 bits per heavy atom. The van der Waals surface area contributed by atoms with Gasteiger partial charge in [0.25, 0.3) is 0 Å². The maximum atomic E-state index is 12.0. The summed E-state index contributed by atoms with van der Waals surface area (Å²) in [7, 11) is 0. The van der Waals surface area contributed by atoms with Crippen molar-refractivity contribution in [3.8, 4) is 11.3 Å². The minimum absolute atomic E-state index is 0.0330. The van der Waals surface area contributed by atoms with E-state index in [0.717, 1.165) is 22.7 Å². The second-order valence-electron chi connectivity index (χ2n) is 6.53. The number of nitrogens with zero attached hydrogens (tertiary/aromatic N) is 2. The molecule has 28 heavy (non-hydrogen) atoms. The summed E-state index contributed by atoms with van der Waals surface area (Å²) in [5.74, 6) is 0.689. The summed E-state index contributed by atoms with van der Waals surface area (Å²) >= 11 is 3.01. The Morgan fingerprint density at radius 1 is 1.21 bits per heavy atom. The van der Waals surface area contributed by atoms with Crippen molar-refractivity contribution >= 4 is 34.9 Å². The Labute approximate surface area is 173 Å². The topological polar surface area (TPSA) is 71.5 Å². The van der Waals surface area contributed by atoms with Crippen molar-refractivity contribution in [3.63, 3.8) is 0 Å². The Hall–Kier alpha value is -1.90. The molecular weight excluding hydrogens is 394 g/mol. The average Bonchev–Trinajstić information content (AvgIpc) is 3.15. The number of rotatable bonds is 8. The largest absolute Gasteiger partial charge is 0.378 e. The van der Waals surface area contributed by atoms with Crippen molar-refractivity contribution in [1.82, 2.24) is 15.2 Å². The fourth-order valence-corrected chi connectivity index (χ4v) is 4.24. The molecule has 1 aliphatic heterocycles. The van der Waals surface area contributed by atoms with Crippen molar-refractivity contribution in [2.75, 3.05) is 44.4 Å². The maximum Gasteiger partial charge on any atom is 0.232 e. The van der Waals surface area contributed by atoms with Gasteiger partial charge in [-0.05, 0) is 18.9 Å². The summed E-state index contributed by atoms with van der Waals surface area (Å²) in [4.78, 5) is 30.3. The van der Waals surface area contributed by atoms with Crippen LogP contribution in [-0.2, 0) is 20.7 Å². The first-order chi connectivity index (χ1) is 13.6. The molecule has 2 aromatic rings. The number of carbonyl (C=O) groups is 2. The first-order valence-electron chi connectivity index (χ1n) is 9.33. The normalized spacial score (nSPS) is 14.1. The zero-order valence-corrected chi connectivity index (χ0v) is 17.6. The fourth-order valence-electron chi connectivity index (χ4n) is 2.87. The van der Waals surface area contributed by atoms with Crippen molar-refractivity contribution in [3.05, 3.63) is 40.2 Å². The molecule has 1 fully saturated rings. The summed E-state index contributed by atoms with van der Waals surface area (Å²) in [6.45, 7) is 5.08. The van der Waals surface area contributed by atoms with E-state index in [0.29, 0.717) is 44.4 Å². The lowest BCUT2D eigenvalue weighted by Gasteiger charge is -2.26. The van der Waals surface area contributed by atoms with Gasteiger partial charge in [0.2, 0.25) is 11.8 Å². The molecule has 0 atom stereocenters. The van der Waals surface area contributed by atoms with Crippen molar-refractivity contribution in [1.29, 1.82) is 0 Å². The zero-order chi connectivity index (χ0) is 19.8. The number of aromatic nitrogens is 1. The van der Waals surface area contributed by atoms with Crippen LogP contribution in [0.1, 0.15) is 10.6 Å². The minimum Gasteiger partial charge on any atom is -0.378 e. The number of aryl methyl sites for hydroxylation is 1. The number of hydrogen-bond acceptors (Lipinski definition) is 6. The lowest BCUT2D eigenvalue weighted by Crippen LogP contribution is -2.41. The number of amides is 2. The third-order valence-electron chi connectivity index (χ3n) is 4.43. The van der Waals surface area contributed by atoms with Gasteiger partial charge in [0.1, 0.15) is 0 Å². The number of ether oxygens (including phenoxy) is 1. The molecular formula is C20H25N3O3S2. The molecule has 1 aromatic carbocycles. The first-order valence-corrected chi connectivity index (χ1v) is 11.4. The van der Waals surface area contributed by atoms with Crippen LogP contribution >= 0.6 is 23.1 Å². The lowest BCUT2D eigenvalue weighted by molar-refractivity contribution is -0.132. The van der Waals surface area contributed by atoms with Gasteiger partial charge in [-0.1, -0.05) is 24.3 Å². The highest BCUT2D eigenvalue weighted by Crippen LogP contribution is 2.21. The van der Waals surface area contributed by atoms with Crippen LogP contribution in [0.2, 0.25) is 0 Å². The molecule has 0 unspecified atom stereocenters. The standard InChI is InChI=1S/C20H25N3O3S2/c1-15-22-18(12-28-15)17-4-2-16(3-5-17)6-7-21-19(24)13-27-14-20(25)23-8-10-26-11-9-23/h2-5,12H,6-11,13-14H2,1H3,(H,21,24). The third-order valence-corrected chi connectivity index (χ3v) is 6.12. The number of nitrogens with one attached hydrogen (secondary N) is 1. The van der Waals surface area contributed by atoms with E-state index in [1.165, 1.54) is 17.3 Å². The number of morpholine rings is 1. The Morgan fingerprint density at radius 3 is 2.64 bits per heavy atom. The highest BCUT2D eigenvalue weighted by molar-refractivity contribution is 8.00. The second-order valence-corrected chi connectivity index (χ2v) is 8.58. The maximum absolute atomic E-state index is 12.0. The van der Waals surface area contributed by atoms with Gasteiger partial charge >= 0.3 is 0 Å². The molecule has 3 rings (SSSR count).